The molecule has 0 bridgehead atoms. The summed E-state index contributed by atoms with van der Waals surface area (Å²) >= 11 is 0. The van der Waals surface area contributed by atoms with Crippen molar-refractivity contribution in [3.63, 3.8) is 0 Å². The van der Waals surface area contributed by atoms with E-state index in [1.165, 1.54) is 6.92 Å². The second-order valence-corrected chi connectivity index (χ2v) is 5.27. The minimum atomic E-state index is -4.83. The largest absolute Gasteiger partial charge is 0.527 e. The molecule has 0 radical (unpaired) electrons. The van der Waals surface area contributed by atoms with Gasteiger partial charge < -0.3 is 4.52 Å². The third-order valence-electron chi connectivity index (χ3n) is 2.37. The molecule has 0 fully saturated rings. The van der Waals surface area contributed by atoms with Gasteiger partial charge in [0.15, 0.2) is 0 Å². The fourth-order valence-corrected chi connectivity index (χ4v) is 2.06. The maximum Gasteiger partial charge on any atom is 0.527 e. The summed E-state index contributed by atoms with van der Waals surface area (Å²) in [7, 11) is -1.40. The molecule has 0 unspecified atom stereocenters. The first-order chi connectivity index (χ1) is 8.72. The van der Waals surface area contributed by atoms with Gasteiger partial charge in [-0.2, -0.15) is 0 Å². The van der Waals surface area contributed by atoms with E-state index in [1.807, 2.05) is 6.07 Å². The van der Waals surface area contributed by atoms with Crippen molar-refractivity contribution < 1.29 is 23.7 Å². The fourth-order valence-electron chi connectivity index (χ4n) is 1.68. The van der Waals surface area contributed by atoms with E-state index in [0.29, 0.717) is 5.69 Å². The number of hydrogen-bond donors (Lipinski definition) is 2. The Morgan fingerprint density at radius 1 is 1.26 bits per heavy atom. The predicted octanol–water partition coefficient (Wildman–Crippen LogP) is 0.994. The van der Waals surface area contributed by atoms with Crippen LogP contribution in [0.1, 0.15) is 6.92 Å². The molecule has 8 heteroatoms. The molecule has 0 amide bonds. The molecule has 106 valence electrons. The first-order valence-corrected chi connectivity index (χ1v) is 7.06. The zero-order chi connectivity index (χ0) is 14.6. The summed E-state index contributed by atoms with van der Waals surface area (Å²) in [6.45, 7) is 1.50. The van der Waals surface area contributed by atoms with Crippen LogP contribution in [0.25, 0.3) is 0 Å². The summed E-state index contributed by atoms with van der Waals surface area (Å²) in [5.74, 6) is -0.995. The van der Waals surface area contributed by atoms with Crippen molar-refractivity contribution in [2.75, 3.05) is 19.1 Å². The molecule has 0 aliphatic rings. The number of phosphoric ester groups is 1. The van der Waals surface area contributed by atoms with Crippen LogP contribution in [0.2, 0.25) is 0 Å². The minimum absolute atomic E-state index is 0.711. The van der Waals surface area contributed by atoms with E-state index in [2.05, 4.69) is 4.52 Å². The van der Waals surface area contributed by atoms with Crippen LogP contribution < -0.4 is 5.01 Å². The molecule has 1 aromatic carbocycles. The molecule has 1 aromatic rings. The molecule has 2 N–H and O–H groups in total. The number of nitrogens with zero attached hydrogens (tertiary/aromatic N) is 2. The van der Waals surface area contributed by atoms with Gasteiger partial charge in [0.25, 0.3) is 0 Å². The van der Waals surface area contributed by atoms with E-state index in [9.17, 15) is 9.36 Å². The van der Waals surface area contributed by atoms with Crippen LogP contribution in [-0.2, 0) is 13.9 Å². The summed E-state index contributed by atoms with van der Waals surface area (Å²) in [6.07, 6.45) is 0. The molecule has 0 spiro atoms. The van der Waals surface area contributed by atoms with Gasteiger partial charge in [-0.15, -0.1) is 0 Å². The van der Waals surface area contributed by atoms with Crippen molar-refractivity contribution in [2.45, 2.75) is 13.0 Å². The molecule has 0 aliphatic heterocycles. The van der Waals surface area contributed by atoms with E-state index >= 15 is 0 Å². The lowest BCUT2D eigenvalue weighted by molar-refractivity contribution is -0.137. The smallest absolute Gasteiger partial charge is 0.369 e. The van der Waals surface area contributed by atoms with Crippen LogP contribution in [0, 0.1) is 0 Å². The highest BCUT2D eigenvalue weighted by atomic mass is 31.2. The molecule has 0 aromatic heterocycles. The number of rotatable bonds is 5. The lowest BCUT2D eigenvalue weighted by Gasteiger charge is -2.34. The highest BCUT2D eigenvalue weighted by Gasteiger charge is 2.30. The van der Waals surface area contributed by atoms with Crippen LogP contribution in [0.5, 0.6) is 0 Å². The Balaban J connectivity index is 2.95. The number of anilines is 1. The molecular weight excluding hydrogens is 271 g/mol. The second-order valence-electron chi connectivity index (χ2n) is 4.10. The van der Waals surface area contributed by atoms with Crippen molar-refractivity contribution in [1.82, 2.24) is 5.01 Å². The summed E-state index contributed by atoms with van der Waals surface area (Å²) in [6, 6.07) is 8.11. The number of carbonyl (C=O) groups excluding carboxylic acids is 1. The van der Waals surface area contributed by atoms with Crippen molar-refractivity contribution in [3.8, 4) is 0 Å². The standard InChI is InChI=1S/C11H17N2O5P/c1-9(11(14)18-19(15,16)17)13(12(2)3)10-7-5-4-6-8-10/h4-9H,1-3H3,(H2,15,16,17)/t9-/m0/s1. The normalized spacial score (nSPS) is 13.2. The van der Waals surface area contributed by atoms with Crippen LogP contribution in [0.15, 0.2) is 30.3 Å². The summed E-state index contributed by atoms with van der Waals surface area (Å²) < 4.78 is 14.8. The highest BCUT2D eigenvalue weighted by molar-refractivity contribution is 7.46. The number of para-hydroxylation sites is 1. The lowest BCUT2D eigenvalue weighted by atomic mass is 10.2. The van der Waals surface area contributed by atoms with E-state index in [0.717, 1.165) is 0 Å². The number of hydrazine groups is 1. The highest BCUT2D eigenvalue weighted by Crippen LogP contribution is 2.36. The molecule has 0 saturated carbocycles. The van der Waals surface area contributed by atoms with Crippen molar-refractivity contribution in [2.24, 2.45) is 0 Å². The maximum absolute atomic E-state index is 11.7. The Hall–Kier alpha value is -1.40. The minimum Gasteiger partial charge on any atom is -0.369 e. The Morgan fingerprint density at radius 3 is 2.21 bits per heavy atom. The summed E-state index contributed by atoms with van der Waals surface area (Å²) in [4.78, 5) is 29.0. The van der Waals surface area contributed by atoms with Crippen LogP contribution in [0.4, 0.5) is 5.69 Å². The third-order valence-corrected chi connectivity index (χ3v) is 2.79. The van der Waals surface area contributed by atoms with E-state index in [1.54, 1.807) is 48.4 Å². The molecule has 19 heavy (non-hydrogen) atoms. The van der Waals surface area contributed by atoms with Crippen molar-refractivity contribution in [1.29, 1.82) is 0 Å². The number of hydrogen-bond acceptors (Lipinski definition) is 5. The Kier molecular flexibility index (Phi) is 5.08. The third kappa shape index (κ3) is 4.65. The van der Waals surface area contributed by atoms with E-state index < -0.39 is 19.8 Å². The second kappa shape index (κ2) is 6.16. The van der Waals surface area contributed by atoms with Gasteiger partial charge in [0.2, 0.25) is 0 Å². The van der Waals surface area contributed by atoms with Crippen molar-refractivity contribution >= 4 is 19.5 Å². The van der Waals surface area contributed by atoms with Crippen LogP contribution in [-0.4, -0.2) is 40.9 Å². The summed E-state index contributed by atoms with van der Waals surface area (Å²) in [5.41, 5.74) is 0.711. The van der Waals surface area contributed by atoms with Crippen LogP contribution >= 0.6 is 7.82 Å². The topological polar surface area (TPSA) is 90.3 Å². The quantitative estimate of drug-likeness (QED) is 0.617. The zero-order valence-corrected chi connectivity index (χ0v) is 11.8. The van der Waals surface area contributed by atoms with Gasteiger partial charge in [0.05, 0.1) is 5.69 Å². The number of carbonyl (C=O) groups is 1. The van der Waals surface area contributed by atoms with Gasteiger partial charge in [-0.25, -0.2) is 14.4 Å². The zero-order valence-electron chi connectivity index (χ0n) is 10.9. The molecular formula is C11H17N2O5P. The van der Waals surface area contributed by atoms with Crippen LogP contribution in [0.3, 0.4) is 0 Å². The summed E-state index contributed by atoms with van der Waals surface area (Å²) in [5, 5.41) is 3.21. The first-order valence-electron chi connectivity index (χ1n) is 5.53. The average molecular weight is 288 g/mol. The van der Waals surface area contributed by atoms with Gasteiger partial charge >= 0.3 is 13.8 Å². The fraction of sp³-hybridized carbons (Fsp3) is 0.364. The van der Waals surface area contributed by atoms with E-state index in [4.69, 9.17) is 9.79 Å². The molecule has 0 saturated heterocycles. The van der Waals surface area contributed by atoms with Gasteiger partial charge in [-0.3, -0.25) is 14.8 Å². The molecule has 7 nitrogen and oxygen atoms in total. The molecule has 1 rings (SSSR count). The number of benzene rings is 1. The monoisotopic (exact) mass is 288 g/mol. The number of phosphoric acid groups is 1. The van der Waals surface area contributed by atoms with Gasteiger partial charge in [0.1, 0.15) is 6.04 Å². The first kappa shape index (κ1) is 15.7. The molecule has 0 aliphatic carbocycles. The van der Waals surface area contributed by atoms with E-state index in [-0.39, 0.29) is 0 Å². The SMILES string of the molecule is C[C@@H](C(=O)OP(=O)(O)O)N(c1ccccc1)N(C)C. The lowest BCUT2D eigenvalue weighted by Crippen LogP contribution is -2.48. The Labute approximate surface area is 111 Å². The van der Waals surface area contributed by atoms with Gasteiger partial charge in [0, 0.05) is 14.1 Å². The molecule has 1 atom stereocenters. The average Bonchev–Trinajstić information content (AvgIpc) is 2.27. The van der Waals surface area contributed by atoms with Gasteiger partial charge in [-0.1, -0.05) is 18.2 Å². The molecule has 0 heterocycles. The Bertz CT molecular complexity index is 473. The Morgan fingerprint density at radius 2 is 1.79 bits per heavy atom. The maximum atomic E-state index is 11.7. The van der Waals surface area contributed by atoms with Gasteiger partial charge in [-0.05, 0) is 19.1 Å². The van der Waals surface area contributed by atoms with Crippen molar-refractivity contribution in [3.05, 3.63) is 30.3 Å². The predicted molar refractivity (Wildman–Crippen MR) is 70.2 cm³/mol.